The quantitative estimate of drug-likeness (QED) is 0.671. The van der Waals surface area contributed by atoms with E-state index in [0.717, 1.165) is 5.56 Å². The molecule has 2 aromatic carbocycles. The van der Waals surface area contributed by atoms with Crippen molar-refractivity contribution in [3.63, 3.8) is 0 Å². The largest absolute Gasteiger partial charge is 0.375 e. The second-order valence-electron chi connectivity index (χ2n) is 5.40. The van der Waals surface area contributed by atoms with Crippen molar-refractivity contribution >= 4 is 37.4 Å². The number of anilines is 1. The monoisotopic (exact) mass is 422 g/mol. The first-order valence-corrected chi connectivity index (χ1v) is 9.85. The Morgan fingerprint density at radius 1 is 1.20 bits per heavy atom. The molecule has 0 atom stereocenters. The molecule has 0 spiro atoms. The maximum Gasteiger partial charge on any atom is 0.239 e. The Labute approximate surface area is 156 Å². The highest BCUT2D eigenvalue weighted by Crippen LogP contribution is 2.30. The van der Waals surface area contributed by atoms with Crippen molar-refractivity contribution in [2.45, 2.75) is 16.7 Å². The lowest BCUT2D eigenvalue weighted by molar-refractivity contribution is -0.119. The van der Waals surface area contributed by atoms with E-state index in [9.17, 15) is 13.2 Å². The fraction of sp³-hybridized carbons (Fsp3) is 0.167. The van der Waals surface area contributed by atoms with Crippen LogP contribution in [0.3, 0.4) is 0 Å². The molecule has 0 aliphatic rings. The zero-order valence-electron chi connectivity index (χ0n) is 13.8. The molecule has 0 saturated carbocycles. The Morgan fingerprint density at radius 3 is 2.52 bits per heavy atom. The summed E-state index contributed by atoms with van der Waals surface area (Å²) in [5.74, 6) is -0.249. The summed E-state index contributed by atoms with van der Waals surface area (Å²) in [4.78, 5) is 12.0. The topological polar surface area (TPSA) is 75.3 Å². The van der Waals surface area contributed by atoms with E-state index in [0.29, 0.717) is 16.7 Å². The second-order valence-corrected chi connectivity index (χ2v) is 8.24. The summed E-state index contributed by atoms with van der Waals surface area (Å²) >= 11 is 3.30. The number of benzene rings is 2. The number of amides is 1. The zero-order chi connectivity index (χ0) is 18.4. The third kappa shape index (κ3) is 4.93. The third-order valence-electron chi connectivity index (χ3n) is 3.45. The van der Waals surface area contributed by atoms with Crippen molar-refractivity contribution in [2.75, 3.05) is 18.4 Å². The van der Waals surface area contributed by atoms with Gasteiger partial charge < -0.3 is 10.6 Å². The van der Waals surface area contributed by atoms with Gasteiger partial charge in [-0.15, -0.1) is 6.58 Å². The summed E-state index contributed by atoms with van der Waals surface area (Å²) in [7, 11) is -3.71. The number of hydrogen-bond acceptors (Lipinski definition) is 4. The lowest BCUT2D eigenvalue weighted by Crippen LogP contribution is -2.30. The van der Waals surface area contributed by atoms with Gasteiger partial charge in [-0.05, 0) is 37.3 Å². The smallest absolute Gasteiger partial charge is 0.239 e. The maximum atomic E-state index is 13.0. The van der Waals surface area contributed by atoms with Gasteiger partial charge in [-0.3, -0.25) is 4.79 Å². The van der Waals surface area contributed by atoms with Crippen LogP contribution >= 0.6 is 15.9 Å². The molecule has 0 aliphatic carbocycles. The number of carbonyl (C=O) groups excluding carboxylic acids is 1. The van der Waals surface area contributed by atoms with Crippen LogP contribution in [-0.2, 0) is 14.6 Å². The van der Waals surface area contributed by atoms with E-state index in [2.05, 4.69) is 33.1 Å². The molecule has 0 aliphatic heterocycles. The van der Waals surface area contributed by atoms with Crippen LogP contribution in [-0.4, -0.2) is 27.4 Å². The lowest BCUT2D eigenvalue weighted by Gasteiger charge is -2.13. The van der Waals surface area contributed by atoms with Crippen molar-refractivity contribution in [1.29, 1.82) is 0 Å². The van der Waals surface area contributed by atoms with Gasteiger partial charge in [0.2, 0.25) is 15.7 Å². The molecule has 25 heavy (non-hydrogen) atoms. The van der Waals surface area contributed by atoms with Crippen LogP contribution in [0.2, 0.25) is 0 Å². The van der Waals surface area contributed by atoms with E-state index >= 15 is 0 Å². The van der Waals surface area contributed by atoms with Crippen LogP contribution in [0.5, 0.6) is 0 Å². The SMILES string of the molecule is C=CCNC(=O)CNc1ccc(Br)cc1S(=O)(=O)c1ccc(C)cc1. The molecular weight excluding hydrogens is 404 g/mol. The Hall–Kier alpha value is -2.12. The van der Waals surface area contributed by atoms with Crippen LogP contribution in [0.4, 0.5) is 5.69 Å². The molecular formula is C18H19BrN2O3S. The third-order valence-corrected chi connectivity index (χ3v) is 5.75. The molecule has 1 amide bonds. The van der Waals surface area contributed by atoms with Crippen LogP contribution in [0.25, 0.3) is 0 Å². The number of sulfone groups is 1. The van der Waals surface area contributed by atoms with Crippen molar-refractivity contribution in [2.24, 2.45) is 0 Å². The molecule has 0 heterocycles. The number of carbonyl (C=O) groups is 1. The van der Waals surface area contributed by atoms with Gasteiger partial charge in [0.25, 0.3) is 0 Å². The van der Waals surface area contributed by atoms with Gasteiger partial charge in [0.05, 0.1) is 22.0 Å². The van der Waals surface area contributed by atoms with E-state index in [1.807, 2.05) is 6.92 Å². The second kappa shape index (κ2) is 8.31. The maximum absolute atomic E-state index is 13.0. The average Bonchev–Trinajstić information content (AvgIpc) is 2.59. The number of hydrogen-bond donors (Lipinski definition) is 2. The predicted molar refractivity (Wildman–Crippen MR) is 102 cm³/mol. The van der Waals surface area contributed by atoms with Crippen LogP contribution in [0.1, 0.15) is 5.56 Å². The highest BCUT2D eigenvalue weighted by Gasteiger charge is 2.22. The van der Waals surface area contributed by atoms with Gasteiger partial charge in [-0.2, -0.15) is 0 Å². The van der Waals surface area contributed by atoms with Gasteiger partial charge in [0.1, 0.15) is 0 Å². The molecule has 0 radical (unpaired) electrons. The molecule has 0 saturated heterocycles. The molecule has 2 rings (SSSR count). The Kier molecular flexibility index (Phi) is 6.39. The molecule has 2 N–H and O–H groups in total. The normalized spacial score (nSPS) is 11.0. The zero-order valence-corrected chi connectivity index (χ0v) is 16.2. The highest BCUT2D eigenvalue weighted by molar-refractivity contribution is 9.10. The minimum absolute atomic E-state index is 0.0358. The number of aryl methyl sites for hydroxylation is 1. The first kappa shape index (κ1) is 19.2. The van der Waals surface area contributed by atoms with Crippen LogP contribution < -0.4 is 10.6 Å². The molecule has 0 bridgehead atoms. The molecule has 0 fully saturated rings. The molecule has 0 aromatic heterocycles. The first-order chi connectivity index (χ1) is 11.8. The van der Waals surface area contributed by atoms with E-state index < -0.39 is 9.84 Å². The number of rotatable bonds is 7. The van der Waals surface area contributed by atoms with Gasteiger partial charge in [0.15, 0.2) is 0 Å². The van der Waals surface area contributed by atoms with E-state index in [-0.39, 0.29) is 22.2 Å². The molecule has 7 heteroatoms. The fourth-order valence-electron chi connectivity index (χ4n) is 2.13. The van der Waals surface area contributed by atoms with E-state index in [4.69, 9.17) is 0 Å². The number of nitrogens with one attached hydrogen (secondary N) is 2. The minimum Gasteiger partial charge on any atom is -0.375 e. The van der Waals surface area contributed by atoms with Crippen molar-refractivity contribution in [1.82, 2.24) is 5.32 Å². The van der Waals surface area contributed by atoms with Crippen LogP contribution in [0, 0.1) is 6.92 Å². The minimum atomic E-state index is -3.71. The van der Waals surface area contributed by atoms with Crippen LogP contribution in [0.15, 0.2) is 69.4 Å². The van der Waals surface area contributed by atoms with Gasteiger partial charge >= 0.3 is 0 Å². The summed E-state index contributed by atoms with van der Waals surface area (Å²) in [5, 5.41) is 5.52. The van der Waals surface area contributed by atoms with Crippen molar-refractivity contribution in [3.05, 3.63) is 65.2 Å². The van der Waals surface area contributed by atoms with Gasteiger partial charge in [0, 0.05) is 11.0 Å². The summed E-state index contributed by atoms with van der Waals surface area (Å²) in [6.07, 6.45) is 1.57. The summed E-state index contributed by atoms with van der Waals surface area (Å²) in [6.45, 7) is 5.74. The van der Waals surface area contributed by atoms with Crippen molar-refractivity contribution < 1.29 is 13.2 Å². The lowest BCUT2D eigenvalue weighted by atomic mass is 10.2. The number of halogens is 1. The highest BCUT2D eigenvalue weighted by atomic mass is 79.9. The van der Waals surface area contributed by atoms with E-state index in [1.165, 1.54) is 6.07 Å². The molecule has 132 valence electrons. The molecule has 0 unspecified atom stereocenters. The van der Waals surface area contributed by atoms with Gasteiger partial charge in [-0.1, -0.05) is 39.7 Å². The Bertz CT molecular complexity index is 878. The standard InChI is InChI=1S/C18H19BrN2O3S/c1-3-10-20-18(22)12-21-16-9-6-14(19)11-17(16)25(23,24)15-7-4-13(2)5-8-15/h3-9,11,21H,1,10,12H2,2H3,(H,20,22). The molecule has 5 nitrogen and oxygen atoms in total. The molecule has 2 aromatic rings. The summed E-state index contributed by atoms with van der Waals surface area (Å²) in [5.41, 5.74) is 1.35. The van der Waals surface area contributed by atoms with E-state index in [1.54, 1.807) is 42.5 Å². The predicted octanol–water partition coefficient (Wildman–Crippen LogP) is 3.30. The Balaban J connectivity index is 2.33. The summed E-state index contributed by atoms with van der Waals surface area (Å²) < 4.78 is 26.6. The fourth-order valence-corrected chi connectivity index (χ4v) is 4.11. The average molecular weight is 423 g/mol. The summed E-state index contributed by atoms with van der Waals surface area (Å²) in [6, 6.07) is 11.5. The van der Waals surface area contributed by atoms with Crippen molar-refractivity contribution in [3.8, 4) is 0 Å². The van der Waals surface area contributed by atoms with Gasteiger partial charge in [-0.25, -0.2) is 8.42 Å². The first-order valence-electron chi connectivity index (χ1n) is 7.57. The Morgan fingerprint density at radius 2 is 1.88 bits per heavy atom.